The molecule has 0 unspecified atom stereocenters. The lowest BCUT2D eigenvalue weighted by Gasteiger charge is -2.36. The summed E-state index contributed by atoms with van der Waals surface area (Å²) in [6.07, 6.45) is -2.29. The van der Waals surface area contributed by atoms with Crippen molar-refractivity contribution in [2.24, 2.45) is 0 Å². The third-order valence-corrected chi connectivity index (χ3v) is 3.42. The van der Waals surface area contributed by atoms with Gasteiger partial charge in [-0.05, 0) is 18.2 Å². The minimum absolute atomic E-state index is 0.181. The zero-order chi connectivity index (χ0) is 13.8. The first-order valence-electron chi connectivity index (χ1n) is 6.05. The van der Waals surface area contributed by atoms with Crippen LogP contribution in [0.5, 0.6) is 0 Å². The van der Waals surface area contributed by atoms with Gasteiger partial charge in [-0.2, -0.15) is 5.26 Å². The van der Waals surface area contributed by atoms with Crippen molar-refractivity contribution in [3.8, 4) is 6.07 Å². The van der Waals surface area contributed by atoms with E-state index in [4.69, 9.17) is 16.9 Å². The van der Waals surface area contributed by atoms with Crippen molar-refractivity contribution in [2.75, 3.05) is 37.6 Å². The van der Waals surface area contributed by atoms with Crippen LogP contribution in [0.4, 0.5) is 14.5 Å². The molecule has 0 amide bonds. The molecule has 0 bridgehead atoms. The summed E-state index contributed by atoms with van der Waals surface area (Å²) in [4.78, 5) is 3.78. The highest BCUT2D eigenvalue weighted by Gasteiger charge is 2.21. The Balaban J connectivity index is 2.04. The summed E-state index contributed by atoms with van der Waals surface area (Å²) in [6, 6.07) is 7.29. The minimum atomic E-state index is -2.29. The van der Waals surface area contributed by atoms with Crippen LogP contribution in [-0.2, 0) is 0 Å². The van der Waals surface area contributed by atoms with Gasteiger partial charge in [-0.15, -0.1) is 0 Å². The summed E-state index contributed by atoms with van der Waals surface area (Å²) in [5, 5.41) is 9.62. The number of halogens is 3. The quantitative estimate of drug-likeness (QED) is 0.855. The molecule has 102 valence electrons. The van der Waals surface area contributed by atoms with E-state index >= 15 is 0 Å². The molecular formula is C13H14ClF2N3. The van der Waals surface area contributed by atoms with E-state index in [0.29, 0.717) is 36.8 Å². The molecule has 1 aliphatic rings. The first kappa shape index (κ1) is 14.0. The van der Waals surface area contributed by atoms with E-state index in [1.165, 1.54) is 0 Å². The molecule has 0 aliphatic carbocycles. The highest BCUT2D eigenvalue weighted by atomic mass is 35.5. The van der Waals surface area contributed by atoms with Crippen LogP contribution >= 0.6 is 11.6 Å². The maximum absolute atomic E-state index is 12.3. The number of anilines is 1. The first-order chi connectivity index (χ1) is 9.10. The van der Waals surface area contributed by atoms with Gasteiger partial charge in [-0.25, -0.2) is 8.78 Å². The molecule has 1 heterocycles. The smallest absolute Gasteiger partial charge is 0.251 e. The van der Waals surface area contributed by atoms with Crippen LogP contribution in [0.15, 0.2) is 18.2 Å². The second-order valence-corrected chi connectivity index (χ2v) is 4.89. The average molecular weight is 286 g/mol. The Hall–Kier alpha value is -1.38. The molecule has 1 aliphatic heterocycles. The molecule has 0 saturated carbocycles. The molecule has 0 N–H and O–H groups in total. The van der Waals surface area contributed by atoms with Crippen LogP contribution in [0.25, 0.3) is 0 Å². The number of nitrogens with zero attached hydrogens (tertiary/aromatic N) is 3. The molecule has 0 atom stereocenters. The molecule has 2 rings (SSSR count). The number of benzene rings is 1. The largest absolute Gasteiger partial charge is 0.368 e. The number of rotatable bonds is 3. The van der Waals surface area contributed by atoms with Crippen molar-refractivity contribution in [1.82, 2.24) is 4.90 Å². The standard InChI is InChI=1S/C13H14ClF2N3/c14-11-1-2-12(10(7-11)8-17)19-5-3-18(4-6-19)9-13(15)16/h1-2,7,13H,3-6,9H2. The van der Waals surface area contributed by atoms with Gasteiger partial charge in [-0.1, -0.05) is 11.6 Å². The Bertz CT molecular complexity index is 479. The predicted octanol–water partition coefficient (Wildman–Crippen LogP) is 2.60. The third kappa shape index (κ3) is 3.55. The van der Waals surface area contributed by atoms with Crippen LogP contribution in [0.1, 0.15) is 5.56 Å². The second kappa shape index (κ2) is 6.18. The van der Waals surface area contributed by atoms with Crippen molar-refractivity contribution >= 4 is 17.3 Å². The molecule has 6 heteroatoms. The summed E-state index contributed by atoms with van der Waals surface area (Å²) in [5.41, 5.74) is 1.35. The van der Waals surface area contributed by atoms with Gasteiger partial charge < -0.3 is 4.90 Å². The maximum atomic E-state index is 12.3. The van der Waals surface area contributed by atoms with E-state index in [-0.39, 0.29) is 6.54 Å². The van der Waals surface area contributed by atoms with Crippen molar-refractivity contribution in [1.29, 1.82) is 5.26 Å². The molecule has 1 saturated heterocycles. The van der Waals surface area contributed by atoms with E-state index < -0.39 is 6.43 Å². The number of nitriles is 1. The Labute approximate surface area is 116 Å². The molecule has 1 aromatic rings. The number of hydrogen-bond acceptors (Lipinski definition) is 3. The molecule has 1 aromatic carbocycles. The highest BCUT2D eigenvalue weighted by Crippen LogP contribution is 2.24. The van der Waals surface area contributed by atoms with Crippen LogP contribution in [0.3, 0.4) is 0 Å². The SMILES string of the molecule is N#Cc1cc(Cl)ccc1N1CCN(CC(F)F)CC1. The Morgan fingerprint density at radius 3 is 2.53 bits per heavy atom. The Kier molecular flexibility index (Phi) is 4.56. The number of piperazine rings is 1. The lowest BCUT2D eigenvalue weighted by atomic mass is 10.1. The maximum Gasteiger partial charge on any atom is 0.251 e. The van der Waals surface area contributed by atoms with Crippen molar-refractivity contribution < 1.29 is 8.78 Å². The molecule has 0 spiro atoms. The van der Waals surface area contributed by atoms with Crippen LogP contribution in [-0.4, -0.2) is 44.0 Å². The predicted molar refractivity (Wildman–Crippen MR) is 70.8 cm³/mol. The molecule has 3 nitrogen and oxygen atoms in total. The van der Waals surface area contributed by atoms with Crippen LogP contribution < -0.4 is 4.90 Å². The van der Waals surface area contributed by atoms with Crippen molar-refractivity contribution in [2.45, 2.75) is 6.43 Å². The third-order valence-electron chi connectivity index (χ3n) is 3.19. The zero-order valence-electron chi connectivity index (χ0n) is 10.3. The van der Waals surface area contributed by atoms with E-state index in [9.17, 15) is 8.78 Å². The summed E-state index contributed by atoms with van der Waals surface area (Å²) in [6.45, 7) is 2.27. The van der Waals surface area contributed by atoms with Gasteiger partial charge in [0.1, 0.15) is 6.07 Å². The van der Waals surface area contributed by atoms with Crippen molar-refractivity contribution in [3.63, 3.8) is 0 Å². The monoisotopic (exact) mass is 285 g/mol. The fraction of sp³-hybridized carbons (Fsp3) is 0.462. The Morgan fingerprint density at radius 2 is 1.95 bits per heavy atom. The van der Waals surface area contributed by atoms with E-state index in [1.807, 2.05) is 11.0 Å². The molecule has 0 aromatic heterocycles. The molecule has 0 radical (unpaired) electrons. The van der Waals surface area contributed by atoms with Gasteiger partial charge >= 0.3 is 0 Å². The molecule has 19 heavy (non-hydrogen) atoms. The van der Waals surface area contributed by atoms with Crippen LogP contribution in [0, 0.1) is 11.3 Å². The molecule has 1 fully saturated rings. The number of alkyl halides is 2. The van der Waals surface area contributed by atoms with Gasteiger partial charge in [0.05, 0.1) is 17.8 Å². The summed E-state index contributed by atoms with van der Waals surface area (Å²) in [7, 11) is 0. The zero-order valence-corrected chi connectivity index (χ0v) is 11.1. The molecular weight excluding hydrogens is 272 g/mol. The highest BCUT2D eigenvalue weighted by molar-refractivity contribution is 6.30. The van der Waals surface area contributed by atoms with E-state index in [2.05, 4.69) is 6.07 Å². The topological polar surface area (TPSA) is 30.3 Å². The summed E-state index contributed by atoms with van der Waals surface area (Å²) in [5.74, 6) is 0. The van der Waals surface area contributed by atoms with Crippen LogP contribution in [0.2, 0.25) is 5.02 Å². The lowest BCUT2D eigenvalue weighted by Crippen LogP contribution is -2.48. The number of hydrogen-bond donors (Lipinski definition) is 0. The van der Waals surface area contributed by atoms with Gasteiger partial charge in [0.15, 0.2) is 0 Å². The second-order valence-electron chi connectivity index (χ2n) is 4.45. The lowest BCUT2D eigenvalue weighted by molar-refractivity contribution is 0.0854. The fourth-order valence-corrected chi connectivity index (χ4v) is 2.41. The van der Waals surface area contributed by atoms with Gasteiger partial charge in [0.25, 0.3) is 6.43 Å². The van der Waals surface area contributed by atoms with Gasteiger partial charge in [0.2, 0.25) is 0 Å². The van der Waals surface area contributed by atoms with E-state index in [1.54, 1.807) is 17.0 Å². The average Bonchev–Trinajstić information content (AvgIpc) is 2.39. The first-order valence-corrected chi connectivity index (χ1v) is 6.43. The Morgan fingerprint density at radius 1 is 1.26 bits per heavy atom. The van der Waals surface area contributed by atoms with Gasteiger partial charge in [0, 0.05) is 31.2 Å². The summed E-state index contributed by atoms with van der Waals surface area (Å²) >= 11 is 5.85. The minimum Gasteiger partial charge on any atom is -0.368 e. The van der Waals surface area contributed by atoms with Gasteiger partial charge in [-0.3, -0.25) is 4.90 Å². The normalized spacial score (nSPS) is 16.7. The fourth-order valence-electron chi connectivity index (χ4n) is 2.24. The van der Waals surface area contributed by atoms with Crippen molar-refractivity contribution in [3.05, 3.63) is 28.8 Å². The summed E-state index contributed by atoms with van der Waals surface area (Å²) < 4.78 is 24.6. The van der Waals surface area contributed by atoms with E-state index in [0.717, 1.165) is 5.69 Å².